The maximum atomic E-state index is 12.4. The largest absolute Gasteiger partial charge is 0.464 e. The Labute approximate surface area is 144 Å². The zero-order valence-electron chi connectivity index (χ0n) is 13.4. The summed E-state index contributed by atoms with van der Waals surface area (Å²) in [6.45, 7) is 2.88. The van der Waals surface area contributed by atoms with Crippen molar-refractivity contribution in [1.29, 1.82) is 0 Å². The summed E-state index contributed by atoms with van der Waals surface area (Å²) >= 11 is 1.54. The smallest absolute Gasteiger partial charge is 0.261 e. The van der Waals surface area contributed by atoms with Gasteiger partial charge in [-0.05, 0) is 61.5 Å². The third kappa shape index (κ3) is 3.23. The van der Waals surface area contributed by atoms with Gasteiger partial charge in [0.25, 0.3) is 5.91 Å². The number of rotatable bonds is 4. The van der Waals surface area contributed by atoms with Crippen LogP contribution in [0.1, 0.15) is 22.5 Å². The number of amides is 1. The van der Waals surface area contributed by atoms with Crippen LogP contribution in [0, 0.1) is 5.92 Å². The lowest BCUT2D eigenvalue weighted by atomic mass is 9.98. The molecule has 3 aromatic rings. The summed E-state index contributed by atoms with van der Waals surface area (Å²) in [6.07, 6.45) is 3.95. The van der Waals surface area contributed by atoms with E-state index >= 15 is 0 Å². The molecule has 0 atom stereocenters. The summed E-state index contributed by atoms with van der Waals surface area (Å²) in [7, 11) is 0. The Hall–Kier alpha value is -2.11. The minimum atomic E-state index is 0.0364. The fraction of sp³-hybridized carbons (Fsp3) is 0.316. The first kappa shape index (κ1) is 15.4. The van der Waals surface area contributed by atoms with Gasteiger partial charge in [-0.3, -0.25) is 4.79 Å². The van der Waals surface area contributed by atoms with E-state index in [0.29, 0.717) is 5.92 Å². The highest BCUT2D eigenvalue weighted by Gasteiger charge is 2.16. The Morgan fingerprint density at radius 3 is 2.92 bits per heavy atom. The molecule has 3 heterocycles. The molecule has 1 aliphatic rings. The van der Waals surface area contributed by atoms with Crippen LogP contribution in [0.5, 0.6) is 0 Å². The first-order valence-corrected chi connectivity index (χ1v) is 9.17. The van der Waals surface area contributed by atoms with Crippen molar-refractivity contribution in [2.75, 3.05) is 19.6 Å². The Kier molecular flexibility index (Phi) is 4.36. The van der Waals surface area contributed by atoms with Crippen LogP contribution < -0.4 is 10.6 Å². The molecular formula is C19H20N2O2S. The molecule has 1 aliphatic heterocycles. The van der Waals surface area contributed by atoms with Crippen LogP contribution in [-0.4, -0.2) is 25.5 Å². The second-order valence-electron chi connectivity index (χ2n) is 6.24. The third-order valence-electron chi connectivity index (χ3n) is 4.56. The number of fused-ring (bicyclic) bond motifs is 1. The number of carbonyl (C=O) groups excluding carboxylic acids is 1. The normalized spacial score (nSPS) is 15.7. The predicted octanol–water partition coefficient (Wildman–Crippen LogP) is 3.89. The SMILES string of the molecule is O=C(NCC1CCNCC1)c1cc2ccc(-c3ccco3)cc2s1. The summed E-state index contributed by atoms with van der Waals surface area (Å²) < 4.78 is 6.56. The summed E-state index contributed by atoms with van der Waals surface area (Å²) in [5, 5.41) is 7.55. The van der Waals surface area contributed by atoms with Crippen molar-refractivity contribution in [3.8, 4) is 11.3 Å². The number of hydrogen-bond acceptors (Lipinski definition) is 4. The van der Waals surface area contributed by atoms with E-state index in [4.69, 9.17) is 4.42 Å². The molecule has 0 bridgehead atoms. The maximum Gasteiger partial charge on any atom is 0.261 e. The van der Waals surface area contributed by atoms with Gasteiger partial charge in [-0.1, -0.05) is 12.1 Å². The number of thiophene rings is 1. The molecule has 1 saturated heterocycles. The standard InChI is InChI=1S/C19H20N2O2S/c22-19(21-12-13-5-7-20-8-6-13)18-11-15-4-3-14(10-17(15)24-18)16-2-1-9-23-16/h1-4,9-11,13,20H,5-8,12H2,(H,21,22). The van der Waals surface area contributed by atoms with Gasteiger partial charge in [-0.25, -0.2) is 0 Å². The van der Waals surface area contributed by atoms with Crippen molar-refractivity contribution in [2.45, 2.75) is 12.8 Å². The average Bonchev–Trinajstić information content (AvgIpc) is 3.29. The number of furan rings is 1. The fourth-order valence-corrected chi connectivity index (χ4v) is 4.17. The van der Waals surface area contributed by atoms with Gasteiger partial charge >= 0.3 is 0 Å². The van der Waals surface area contributed by atoms with Gasteiger partial charge in [0, 0.05) is 16.8 Å². The van der Waals surface area contributed by atoms with Crippen molar-refractivity contribution in [3.05, 3.63) is 47.5 Å². The van der Waals surface area contributed by atoms with E-state index in [1.54, 1.807) is 6.26 Å². The molecule has 4 nitrogen and oxygen atoms in total. The van der Waals surface area contributed by atoms with E-state index in [9.17, 15) is 4.79 Å². The van der Waals surface area contributed by atoms with Crippen molar-refractivity contribution in [2.24, 2.45) is 5.92 Å². The highest BCUT2D eigenvalue weighted by atomic mass is 32.1. The summed E-state index contributed by atoms with van der Waals surface area (Å²) in [4.78, 5) is 13.2. The Morgan fingerprint density at radius 1 is 1.25 bits per heavy atom. The molecule has 1 aromatic carbocycles. The van der Waals surface area contributed by atoms with Crippen LogP contribution in [0.2, 0.25) is 0 Å². The highest BCUT2D eigenvalue weighted by molar-refractivity contribution is 7.20. The van der Waals surface area contributed by atoms with Gasteiger partial charge < -0.3 is 15.1 Å². The lowest BCUT2D eigenvalue weighted by Gasteiger charge is -2.22. The van der Waals surface area contributed by atoms with Crippen LogP contribution in [0.25, 0.3) is 21.4 Å². The minimum Gasteiger partial charge on any atom is -0.464 e. The minimum absolute atomic E-state index is 0.0364. The lowest BCUT2D eigenvalue weighted by Crippen LogP contribution is -2.35. The summed E-state index contributed by atoms with van der Waals surface area (Å²) in [5.74, 6) is 1.48. The zero-order valence-corrected chi connectivity index (χ0v) is 14.2. The van der Waals surface area contributed by atoms with Crippen molar-refractivity contribution >= 4 is 27.3 Å². The number of benzene rings is 1. The first-order valence-electron chi connectivity index (χ1n) is 8.36. The molecule has 1 fully saturated rings. The van der Waals surface area contributed by atoms with Crippen LogP contribution >= 0.6 is 11.3 Å². The Bertz CT molecular complexity index is 832. The lowest BCUT2D eigenvalue weighted by molar-refractivity contribution is 0.0948. The summed E-state index contributed by atoms with van der Waals surface area (Å²) in [6, 6.07) is 12.0. The third-order valence-corrected chi connectivity index (χ3v) is 5.66. The molecule has 24 heavy (non-hydrogen) atoms. The number of hydrogen-bond donors (Lipinski definition) is 2. The summed E-state index contributed by atoms with van der Waals surface area (Å²) in [5.41, 5.74) is 1.04. The predicted molar refractivity (Wildman–Crippen MR) is 97.5 cm³/mol. The van der Waals surface area contributed by atoms with E-state index in [0.717, 1.165) is 58.8 Å². The van der Waals surface area contributed by atoms with Crippen LogP contribution in [0.15, 0.2) is 47.1 Å². The Balaban J connectivity index is 1.48. The number of carbonyl (C=O) groups is 1. The number of nitrogens with one attached hydrogen (secondary N) is 2. The van der Waals surface area contributed by atoms with E-state index in [-0.39, 0.29) is 5.91 Å². The first-order chi connectivity index (χ1) is 11.8. The van der Waals surface area contributed by atoms with Gasteiger partial charge in [0.15, 0.2) is 0 Å². The second kappa shape index (κ2) is 6.79. The van der Waals surface area contributed by atoms with Crippen molar-refractivity contribution < 1.29 is 9.21 Å². The molecule has 2 aromatic heterocycles. The molecule has 124 valence electrons. The number of piperidine rings is 1. The molecular weight excluding hydrogens is 320 g/mol. The molecule has 0 unspecified atom stereocenters. The Morgan fingerprint density at radius 2 is 2.12 bits per heavy atom. The molecule has 4 rings (SSSR count). The molecule has 0 spiro atoms. The van der Waals surface area contributed by atoms with Gasteiger partial charge in [-0.2, -0.15) is 0 Å². The molecule has 1 amide bonds. The van der Waals surface area contributed by atoms with E-state index in [1.807, 2.05) is 30.3 Å². The molecule has 0 aliphatic carbocycles. The quantitative estimate of drug-likeness (QED) is 0.757. The van der Waals surface area contributed by atoms with Crippen LogP contribution in [-0.2, 0) is 0 Å². The highest BCUT2D eigenvalue weighted by Crippen LogP contribution is 2.30. The molecule has 2 N–H and O–H groups in total. The topological polar surface area (TPSA) is 54.3 Å². The second-order valence-corrected chi connectivity index (χ2v) is 7.33. The van der Waals surface area contributed by atoms with Gasteiger partial charge in [0.2, 0.25) is 0 Å². The van der Waals surface area contributed by atoms with Gasteiger partial charge in [0.1, 0.15) is 5.76 Å². The average molecular weight is 340 g/mol. The van der Waals surface area contributed by atoms with E-state index in [2.05, 4.69) is 16.7 Å². The molecule has 0 radical (unpaired) electrons. The fourth-order valence-electron chi connectivity index (χ4n) is 3.15. The van der Waals surface area contributed by atoms with Crippen molar-refractivity contribution in [1.82, 2.24) is 10.6 Å². The van der Waals surface area contributed by atoms with Crippen LogP contribution in [0.4, 0.5) is 0 Å². The van der Waals surface area contributed by atoms with Crippen molar-refractivity contribution in [3.63, 3.8) is 0 Å². The van der Waals surface area contributed by atoms with Gasteiger partial charge in [-0.15, -0.1) is 11.3 Å². The molecule has 5 heteroatoms. The van der Waals surface area contributed by atoms with E-state index in [1.165, 1.54) is 11.3 Å². The van der Waals surface area contributed by atoms with Gasteiger partial charge in [0.05, 0.1) is 11.1 Å². The molecule has 0 saturated carbocycles. The maximum absolute atomic E-state index is 12.4. The monoisotopic (exact) mass is 340 g/mol. The zero-order chi connectivity index (χ0) is 16.4. The van der Waals surface area contributed by atoms with Crippen LogP contribution in [0.3, 0.4) is 0 Å². The van der Waals surface area contributed by atoms with E-state index < -0.39 is 0 Å².